The first-order chi connectivity index (χ1) is 15.9. The van der Waals surface area contributed by atoms with Gasteiger partial charge in [0.25, 0.3) is 0 Å². The monoisotopic (exact) mass is 448 g/mol. The predicted octanol–water partition coefficient (Wildman–Crippen LogP) is 6.64. The van der Waals surface area contributed by atoms with Crippen molar-refractivity contribution < 1.29 is 19.4 Å². The van der Waals surface area contributed by atoms with E-state index in [-0.39, 0.29) is 41.2 Å². The fourth-order valence-corrected chi connectivity index (χ4v) is 5.89. The summed E-state index contributed by atoms with van der Waals surface area (Å²) in [6, 6.07) is 14.1. The smallest absolute Gasteiger partial charge is 0.170 e. The van der Waals surface area contributed by atoms with Gasteiger partial charge in [0.1, 0.15) is 17.3 Å². The van der Waals surface area contributed by atoms with E-state index < -0.39 is 0 Å². The summed E-state index contributed by atoms with van der Waals surface area (Å²) in [6.45, 7) is 3.65. The highest BCUT2D eigenvalue weighted by Crippen LogP contribution is 2.51. The number of carbonyl (C=O) groups excluding carboxylic acids is 2. The van der Waals surface area contributed by atoms with Gasteiger partial charge in [-0.1, -0.05) is 43.2 Å². The zero-order valence-electron chi connectivity index (χ0n) is 19.9. The first-order valence-corrected chi connectivity index (χ1v) is 12.5. The molecule has 1 fully saturated rings. The maximum Gasteiger partial charge on any atom is 0.170 e. The molecule has 0 radical (unpaired) electrons. The summed E-state index contributed by atoms with van der Waals surface area (Å²) in [6.07, 6.45) is 8.31. The highest BCUT2D eigenvalue weighted by atomic mass is 16.5. The van der Waals surface area contributed by atoms with Crippen molar-refractivity contribution >= 4 is 11.6 Å². The third-order valence-electron chi connectivity index (χ3n) is 7.50. The Kier molecular flexibility index (Phi) is 7.52. The lowest BCUT2D eigenvalue weighted by molar-refractivity contribution is -0.117. The van der Waals surface area contributed by atoms with Gasteiger partial charge in [-0.05, 0) is 81.4 Å². The number of aryl methyl sites for hydroxylation is 1. The molecule has 33 heavy (non-hydrogen) atoms. The second-order valence-corrected chi connectivity index (χ2v) is 9.98. The molecule has 0 heterocycles. The molecule has 4 rings (SSSR count). The molecule has 0 aromatic heterocycles. The van der Waals surface area contributed by atoms with E-state index in [2.05, 4.69) is 31.2 Å². The number of ether oxygens (including phenoxy) is 1. The lowest BCUT2D eigenvalue weighted by Crippen LogP contribution is -2.37. The van der Waals surface area contributed by atoms with Crippen LogP contribution in [0.2, 0.25) is 0 Å². The summed E-state index contributed by atoms with van der Waals surface area (Å²) in [5, 5.41) is 10.9. The number of carbonyl (C=O) groups is 2. The molecule has 2 aliphatic rings. The van der Waals surface area contributed by atoms with E-state index in [0.717, 1.165) is 50.5 Å². The lowest BCUT2D eigenvalue weighted by Gasteiger charge is -2.42. The van der Waals surface area contributed by atoms with Crippen molar-refractivity contribution in [3.63, 3.8) is 0 Å². The van der Waals surface area contributed by atoms with Crippen LogP contribution < -0.4 is 4.74 Å². The van der Waals surface area contributed by atoms with Crippen molar-refractivity contribution in [3.05, 3.63) is 59.2 Å². The van der Waals surface area contributed by atoms with Crippen LogP contribution in [0.1, 0.15) is 92.6 Å². The quantitative estimate of drug-likeness (QED) is 0.467. The van der Waals surface area contributed by atoms with Gasteiger partial charge in [0, 0.05) is 18.4 Å². The van der Waals surface area contributed by atoms with Gasteiger partial charge in [0.15, 0.2) is 5.78 Å². The standard InChI is InChI=1S/C29H36O4/c1-19(30)15-16-25-23-13-6-7-14-24(23)26-17-22(18-27(31)28(26)29(25)32)33-20(2)9-8-12-21-10-4-3-5-11-21/h3-5,10-11,17-18,20,23-25,31H,6-9,12-16H2,1-2H3/t20?,23-,24-,25+/m0/s1. The molecule has 0 saturated heterocycles. The number of phenolic OH excluding ortho intramolecular Hbond substituents is 1. The van der Waals surface area contributed by atoms with E-state index in [1.165, 1.54) is 5.56 Å². The molecule has 1 saturated carbocycles. The summed E-state index contributed by atoms with van der Waals surface area (Å²) >= 11 is 0. The van der Waals surface area contributed by atoms with Crippen molar-refractivity contribution in [2.75, 3.05) is 0 Å². The van der Waals surface area contributed by atoms with Crippen molar-refractivity contribution in [3.8, 4) is 11.5 Å². The lowest BCUT2D eigenvalue weighted by atomic mass is 9.61. The molecule has 0 bridgehead atoms. The van der Waals surface area contributed by atoms with Gasteiger partial charge in [0.05, 0.1) is 11.7 Å². The maximum atomic E-state index is 13.4. The zero-order chi connectivity index (χ0) is 23.4. The number of benzene rings is 2. The van der Waals surface area contributed by atoms with Gasteiger partial charge in [-0.25, -0.2) is 0 Å². The molecular formula is C29H36O4. The average Bonchev–Trinajstić information content (AvgIpc) is 2.79. The van der Waals surface area contributed by atoms with Gasteiger partial charge in [-0.2, -0.15) is 0 Å². The molecular weight excluding hydrogens is 412 g/mol. The SMILES string of the molecule is CC(=O)CC[C@H]1C(=O)c2c(O)cc(OC(C)CCCc3ccccc3)cc2[C@H]2CCCC[C@@H]21. The van der Waals surface area contributed by atoms with Crippen molar-refractivity contribution in [1.82, 2.24) is 0 Å². The van der Waals surface area contributed by atoms with E-state index in [1.54, 1.807) is 13.0 Å². The molecule has 2 aromatic rings. The molecule has 176 valence electrons. The van der Waals surface area contributed by atoms with Crippen LogP contribution in [0.3, 0.4) is 0 Å². The van der Waals surface area contributed by atoms with Gasteiger partial charge < -0.3 is 14.6 Å². The fourth-order valence-electron chi connectivity index (χ4n) is 5.89. The molecule has 1 N–H and O–H groups in total. The topological polar surface area (TPSA) is 63.6 Å². The molecule has 0 amide bonds. The minimum absolute atomic E-state index is 0.00867. The normalized spacial score (nSPS) is 22.8. The number of aromatic hydroxyl groups is 1. The second-order valence-electron chi connectivity index (χ2n) is 9.98. The van der Waals surface area contributed by atoms with E-state index >= 15 is 0 Å². The Morgan fingerprint density at radius 2 is 1.91 bits per heavy atom. The first kappa shape index (κ1) is 23.5. The first-order valence-electron chi connectivity index (χ1n) is 12.5. The molecule has 4 atom stereocenters. The van der Waals surface area contributed by atoms with Crippen LogP contribution in [0.15, 0.2) is 42.5 Å². The Morgan fingerprint density at radius 3 is 2.67 bits per heavy atom. The highest BCUT2D eigenvalue weighted by Gasteiger charge is 2.44. The average molecular weight is 449 g/mol. The molecule has 0 spiro atoms. The summed E-state index contributed by atoms with van der Waals surface area (Å²) < 4.78 is 6.20. The Bertz CT molecular complexity index is 981. The van der Waals surface area contributed by atoms with Crippen LogP contribution in [0.4, 0.5) is 0 Å². The number of phenols is 1. The van der Waals surface area contributed by atoms with Crippen LogP contribution >= 0.6 is 0 Å². The number of hydrogen-bond donors (Lipinski definition) is 1. The predicted molar refractivity (Wildman–Crippen MR) is 130 cm³/mol. The largest absolute Gasteiger partial charge is 0.507 e. The summed E-state index contributed by atoms with van der Waals surface area (Å²) in [5.74, 6) is 1.16. The number of Topliss-reactive ketones (excluding diaryl/α,β-unsaturated/α-hetero) is 2. The van der Waals surface area contributed by atoms with Crippen LogP contribution in [0.25, 0.3) is 0 Å². The molecule has 2 aromatic carbocycles. The van der Waals surface area contributed by atoms with Crippen molar-refractivity contribution in [2.24, 2.45) is 11.8 Å². The Hall–Kier alpha value is -2.62. The van der Waals surface area contributed by atoms with Crippen LogP contribution in [0, 0.1) is 11.8 Å². The van der Waals surface area contributed by atoms with Gasteiger partial charge >= 0.3 is 0 Å². The molecule has 4 nitrogen and oxygen atoms in total. The number of rotatable bonds is 9. The fraction of sp³-hybridized carbons (Fsp3) is 0.517. The third-order valence-corrected chi connectivity index (χ3v) is 7.50. The second kappa shape index (κ2) is 10.5. The van der Waals surface area contributed by atoms with E-state index in [4.69, 9.17) is 4.74 Å². The molecule has 1 unspecified atom stereocenters. The summed E-state index contributed by atoms with van der Waals surface area (Å²) in [7, 11) is 0. The van der Waals surface area contributed by atoms with Gasteiger partial charge in [-0.3, -0.25) is 4.79 Å². The van der Waals surface area contributed by atoms with Crippen molar-refractivity contribution in [2.45, 2.75) is 83.7 Å². The minimum atomic E-state index is -0.165. The third kappa shape index (κ3) is 5.48. The van der Waals surface area contributed by atoms with Crippen LogP contribution in [0.5, 0.6) is 11.5 Å². The summed E-state index contributed by atoms with van der Waals surface area (Å²) in [4.78, 5) is 25.0. The minimum Gasteiger partial charge on any atom is -0.507 e. The molecule has 4 heteroatoms. The Balaban J connectivity index is 1.49. The van der Waals surface area contributed by atoms with Crippen LogP contribution in [-0.2, 0) is 11.2 Å². The van der Waals surface area contributed by atoms with E-state index in [1.807, 2.05) is 12.1 Å². The van der Waals surface area contributed by atoms with E-state index in [9.17, 15) is 14.7 Å². The highest BCUT2D eigenvalue weighted by molar-refractivity contribution is 6.03. The number of hydrogen-bond acceptors (Lipinski definition) is 4. The van der Waals surface area contributed by atoms with Crippen molar-refractivity contribution in [1.29, 1.82) is 0 Å². The Labute approximate surface area is 197 Å². The maximum absolute atomic E-state index is 13.4. The molecule has 2 aliphatic carbocycles. The van der Waals surface area contributed by atoms with Crippen LogP contribution in [-0.4, -0.2) is 22.8 Å². The molecule has 0 aliphatic heterocycles. The number of ketones is 2. The number of fused-ring (bicyclic) bond motifs is 3. The van der Waals surface area contributed by atoms with Gasteiger partial charge in [-0.15, -0.1) is 0 Å². The zero-order valence-corrected chi connectivity index (χ0v) is 19.9. The Morgan fingerprint density at radius 1 is 1.15 bits per heavy atom. The summed E-state index contributed by atoms with van der Waals surface area (Å²) in [5.41, 5.74) is 2.75. The van der Waals surface area contributed by atoms with Gasteiger partial charge in [0.2, 0.25) is 0 Å². The van der Waals surface area contributed by atoms with E-state index in [0.29, 0.717) is 24.2 Å².